The number of hydrogen-bond donors (Lipinski definition) is 2. The molecular weight excluding hydrogens is 234 g/mol. The molecule has 1 aromatic carbocycles. The topological polar surface area (TPSA) is 77.8 Å². The molecular formula is C13H15NO4. The number of nitrogens with zero attached hydrogens (tertiary/aromatic N) is 1. The van der Waals surface area contributed by atoms with E-state index in [4.69, 9.17) is 5.11 Å². The fraction of sp³-hybridized carbons (Fsp3) is 0.385. The molecule has 1 heterocycles. The van der Waals surface area contributed by atoms with Crippen LogP contribution in [0.1, 0.15) is 12.0 Å². The number of aliphatic hydroxyl groups is 1. The summed E-state index contributed by atoms with van der Waals surface area (Å²) < 4.78 is 0. The first-order chi connectivity index (χ1) is 8.58. The molecule has 2 rings (SSSR count). The second-order valence-electron chi connectivity index (χ2n) is 4.45. The van der Waals surface area contributed by atoms with Crippen LogP contribution in [-0.4, -0.2) is 45.7 Å². The SMILES string of the molecule is O=C(O)[C@@H]1C[C@H](O)CN1C(=O)Cc1ccccc1. The van der Waals surface area contributed by atoms with Crippen molar-refractivity contribution in [2.24, 2.45) is 0 Å². The highest BCUT2D eigenvalue weighted by atomic mass is 16.4. The Labute approximate surface area is 105 Å². The second kappa shape index (κ2) is 5.18. The minimum atomic E-state index is -1.06. The molecule has 2 atom stereocenters. The zero-order chi connectivity index (χ0) is 13.1. The summed E-state index contributed by atoms with van der Waals surface area (Å²) in [6.45, 7) is 0.0998. The molecule has 5 heteroatoms. The van der Waals surface area contributed by atoms with Gasteiger partial charge in [-0.2, -0.15) is 0 Å². The van der Waals surface area contributed by atoms with Crippen molar-refractivity contribution in [3.8, 4) is 0 Å². The Morgan fingerprint density at radius 3 is 2.56 bits per heavy atom. The summed E-state index contributed by atoms with van der Waals surface area (Å²) in [5.74, 6) is -1.32. The van der Waals surface area contributed by atoms with Crippen molar-refractivity contribution in [2.45, 2.75) is 25.0 Å². The second-order valence-corrected chi connectivity index (χ2v) is 4.45. The van der Waals surface area contributed by atoms with E-state index >= 15 is 0 Å². The molecule has 1 aromatic rings. The first kappa shape index (κ1) is 12.6. The van der Waals surface area contributed by atoms with Crippen molar-refractivity contribution in [1.82, 2.24) is 4.90 Å². The van der Waals surface area contributed by atoms with E-state index in [0.717, 1.165) is 5.56 Å². The number of carboxylic acids is 1. The van der Waals surface area contributed by atoms with Gasteiger partial charge in [-0.25, -0.2) is 4.79 Å². The lowest BCUT2D eigenvalue weighted by Crippen LogP contribution is -2.41. The summed E-state index contributed by atoms with van der Waals surface area (Å²) in [5, 5.41) is 18.5. The number of likely N-dealkylation sites (tertiary alicyclic amines) is 1. The normalized spacial score (nSPS) is 23.1. The molecule has 96 valence electrons. The fourth-order valence-corrected chi connectivity index (χ4v) is 2.20. The summed E-state index contributed by atoms with van der Waals surface area (Å²) in [6.07, 6.45) is -0.474. The molecule has 1 aliphatic rings. The summed E-state index contributed by atoms with van der Waals surface area (Å²) in [4.78, 5) is 24.3. The van der Waals surface area contributed by atoms with Crippen molar-refractivity contribution < 1.29 is 19.8 Å². The van der Waals surface area contributed by atoms with E-state index in [1.807, 2.05) is 30.3 Å². The van der Waals surface area contributed by atoms with Gasteiger partial charge in [-0.1, -0.05) is 30.3 Å². The summed E-state index contributed by atoms with van der Waals surface area (Å²) >= 11 is 0. The number of aliphatic carboxylic acids is 1. The fourth-order valence-electron chi connectivity index (χ4n) is 2.20. The Kier molecular flexibility index (Phi) is 3.62. The molecule has 1 amide bonds. The van der Waals surface area contributed by atoms with Crippen molar-refractivity contribution >= 4 is 11.9 Å². The summed E-state index contributed by atoms with van der Waals surface area (Å²) in [5.41, 5.74) is 0.841. The highest BCUT2D eigenvalue weighted by molar-refractivity contribution is 5.85. The minimum absolute atomic E-state index is 0.0998. The van der Waals surface area contributed by atoms with Gasteiger partial charge in [0.05, 0.1) is 12.5 Å². The molecule has 0 aromatic heterocycles. The van der Waals surface area contributed by atoms with E-state index in [1.165, 1.54) is 4.90 Å². The lowest BCUT2D eigenvalue weighted by atomic mass is 10.1. The van der Waals surface area contributed by atoms with Gasteiger partial charge in [-0.3, -0.25) is 4.79 Å². The molecule has 0 unspecified atom stereocenters. The van der Waals surface area contributed by atoms with Crippen molar-refractivity contribution in [3.05, 3.63) is 35.9 Å². The van der Waals surface area contributed by atoms with Gasteiger partial charge >= 0.3 is 5.97 Å². The number of aliphatic hydroxyl groups excluding tert-OH is 1. The maximum atomic E-state index is 12.0. The van der Waals surface area contributed by atoms with Gasteiger partial charge in [-0.15, -0.1) is 0 Å². The predicted molar refractivity (Wildman–Crippen MR) is 63.9 cm³/mol. The molecule has 1 aliphatic heterocycles. The van der Waals surface area contributed by atoms with Gasteiger partial charge in [0.15, 0.2) is 0 Å². The van der Waals surface area contributed by atoms with Gasteiger partial charge in [-0.05, 0) is 5.56 Å². The quantitative estimate of drug-likeness (QED) is 0.806. The molecule has 5 nitrogen and oxygen atoms in total. The molecule has 0 aliphatic carbocycles. The average Bonchev–Trinajstić information content (AvgIpc) is 2.73. The van der Waals surface area contributed by atoms with Crippen molar-refractivity contribution in [2.75, 3.05) is 6.54 Å². The zero-order valence-electron chi connectivity index (χ0n) is 9.82. The Hall–Kier alpha value is -1.88. The average molecular weight is 249 g/mol. The molecule has 0 bridgehead atoms. The van der Waals surface area contributed by atoms with E-state index in [-0.39, 0.29) is 25.3 Å². The van der Waals surface area contributed by atoms with Crippen LogP contribution in [0.3, 0.4) is 0 Å². The van der Waals surface area contributed by atoms with Crippen LogP contribution >= 0.6 is 0 Å². The molecule has 0 spiro atoms. The Morgan fingerprint density at radius 1 is 1.28 bits per heavy atom. The number of amides is 1. The van der Waals surface area contributed by atoms with Crippen LogP contribution in [-0.2, 0) is 16.0 Å². The van der Waals surface area contributed by atoms with Crippen LogP contribution in [0.2, 0.25) is 0 Å². The van der Waals surface area contributed by atoms with E-state index in [1.54, 1.807) is 0 Å². The standard InChI is InChI=1S/C13H15NO4/c15-10-7-11(13(17)18)14(8-10)12(16)6-9-4-2-1-3-5-9/h1-5,10-11,15H,6-8H2,(H,17,18)/t10-,11-/m0/s1. The number of β-amino-alcohol motifs (C(OH)–C–C–N with tert-alkyl or cyclic N) is 1. The first-order valence-electron chi connectivity index (χ1n) is 5.82. The number of carbonyl (C=O) groups is 2. The van der Waals surface area contributed by atoms with Crippen LogP contribution in [0.5, 0.6) is 0 Å². The maximum Gasteiger partial charge on any atom is 0.326 e. The lowest BCUT2D eigenvalue weighted by molar-refractivity contribution is -0.148. The van der Waals surface area contributed by atoms with Gasteiger partial charge < -0.3 is 15.1 Å². The molecule has 0 radical (unpaired) electrons. The van der Waals surface area contributed by atoms with Crippen LogP contribution in [0.4, 0.5) is 0 Å². The third-order valence-corrected chi connectivity index (χ3v) is 3.08. The number of carboxylic acid groups (broad SMARTS) is 1. The molecule has 18 heavy (non-hydrogen) atoms. The van der Waals surface area contributed by atoms with Crippen LogP contribution in [0, 0.1) is 0 Å². The van der Waals surface area contributed by atoms with Crippen molar-refractivity contribution in [1.29, 1.82) is 0 Å². The third-order valence-electron chi connectivity index (χ3n) is 3.08. The lowest BCUT2D eigenvalue weighted by Gasteiger charge is -2.21. The van der Waals surface area contributed by atoms with E-state index in [2.05, 4.69) is 0 Å². The highest BCUT2D eigenvalue weighted by Gasteiger charge is 2.38. The maximum absolute atomic E-state index is 12.0. The summed E-state index contributed by atoms with van der Waals surface area (Å²) in [7, 11) is 0. The Morgan fingerprint density at radius 2 is 1.94 bits per heavy atom. The Balaban J connectivity index is 2.06. The number of carbonyl (C=O) groups excluding carboxylic acids is 1. The van der Waals surface area contributed by atoms with Crippen LogP contribution in [0.15, 0.2) is 30.3 Å². The number of rotatable bonds is 3. The molecule has 1 fully saturated rings. The van der Waals surface area contributed by atoms with E-state index < -0.39 is 18.1 Å². The predicted octanol–water partition coefficient (Wildman–Crippen LogP) is 0.275. The van der Waals surface area contributed by atoms with Crippen molar-refractivity contribution in [3.63, 3.8) is 0 Å². The summed E-state index contributed by atoms with van der Waals surface area (Å²) in [6, 6.07) is 8.25. The van der Waals surface area contributed by atoms with Crippen LogP contribution < -0.4 is 0 Å². The van der Waals surface area contributed by atoms with Crippen LogP contribution in [0.25, 0.3) is 0 Å². The molecule has 1 saturated heterocycles. The molecule has 0 saturated carbocycles. The Bertz CT molecular complexity index is 446. The smallest absolute Gasteiger partial charge is 0.326 e. The number of hydrogen-bond acceptors (Lipinski definition) is 3. The highest BCUT2D eigenvalue weighted by Crippen LogP contribution is 2.19. The largest absolute Gasteiger partial charge is 0.480 e. The third kappa shape index (κ3) is 2.68. The minimum Gasteiger partial charge on any atom is -0.480 e. The first-order valence-corrected chi connectivity index (χ1v) is 5.82. The van der Waals surface area contributed by atoms with Gasteiger partial charge in [0.2, 0.25) is 5.91 Å². The van der Waals surface area contributed by atoms with Gasteiger partial charge in [0, 0.05) is 13.0 Å². The molecule has 2 N–H and O–H groups in total. The van der Waals surface area contributed by atoms with Gasteiger partial charge in [0.25, 0.3) is 0 Å². The zero-order valence-corrected chi connectivity index (χ0v) is 9.82. The van der Waals surface area contributed by atoms with E-state index in [9.17, 15) is 14.7 Å². The van der Waals surface area contributed by atoms with Gasteiger partial charge in [0.1, 0.15) is 6.04 Å². The van der Waals surface area contributed by atoms with E-state index in [0.29, 0.717) is 0 Å². The number of benzene rings is 1. The monoisotopic (exact) mass is 249 g/mol.